The van der Waals surface area contributed by atoms with Gasteiger partial charge < -0.3 is 14.2 Å². The molecule has 0 bridgehead atoms. The van der Waals surface area contributed by atoms with E-state index in [9.17, 15) is 9.59 Å². The van der Waals surface area contributed by atoms with E-state index in [1.54, 1.807) is 11.9 Å². The van der Waals surface area contributed by atoms with Gasteiger partial charge in [-0.15, -0.1) is 0 Å². The zero-order valence-electron chi connectivity index (χ0n) is 13.6. The zero-order valence-corrected chi connectivity index (χ0v) is 13.6. The minimum atomic E-state index is -0.252. The number of benzene rings is 1. The predicted molar refractivity (Wildman–Crippen MR) is 88.2 cm³/mol. The van der Waals surface area contributed by atoms with Crippen LogP contribution in [0.1, 0.15) is 28.9 Å². The van der Waals surface area contributed by atoms with Crippen molar-refractivity contribution in [2.75, 3.05) is 20.7 Å². The van der Waals surface area contributed by atoms with Crippen molar-refractivity contribution in [2.24, 2.45) is 0 Å². The molecule has 2 aromatic rings. The summed E-state index contributed by atoms with van der Waals surface area (Å²) in [7, 11) is 3.12. The third-order valence-corrected chi connectivity index (χ3v) is 3.69. The minimum absolute atomic E-state index is 0.0456. The molecule has 0 unspecified atom stereocenters. The highest BCUT2D eigenvalue weighted by Gasteiger charge is 2.16. The Morgan fingerprint density at radius 3 is 2.57 bits per heavy atom. The average molecular weight is 314 g/mol. The molecule has 0 aliphatic carbocycles. The molecular formula is C18H22N2O3. The fourth-order valence-corrected chi connectivity index (χ4v) is 2.39. The molecule has 1 heterocycles. The van der Waals surface area contributed by atoms with E-state index in [2.05, 4.69) is 4.74 Å². The van der Waals surface area contributed by atoms with Crippen molar-refractivity contribution in [2.45, 2.75) is 19.4 Å². The molecule has 0 spiro atoms. The van der Waals surface area contributed by atoms with Crippen LogP contribution in [0.2, 0.25) is 0 Å². The molecule has 122 valence electrons. The third kappa shape index (κ3) is 4.71. The van der Waals surface area contributed by atoms with Gasteiger partial charge in [0.2, 0.25) is 0 Å². The van der Waals surface area contributed by atoms with Gasteiger partial charge in [-0.05, 0) is 24.1 Å². The van der Waals surface area contributed by atoms with Crippen molar-refractivity contribution in [1.82, 2.24) is 9.47 Å². The number of aromatic nitrogens is 1. The quantitative estimate of drug-likeness (QED) is 0.738. The summed E-state index contributed by atoms with van der Waals surface area (Å²) in [4.78, 5) is 25.3. The molecule has 0 saturated carbocycles. The lowest BCUT2D eigenvalue weighted by Gasteiger charge is -2.18. The number of carbonyl (C=O) groups is 2. The second-order valence-electron chi connectivity index (χ2n) is 5.41. The summed E-state index contributed by atoms with van der Waals surface area (Å²) in [5, 5.41) is 0. The maximum absolute atomic E-state index is 12.6. The number of hydrogen-bond acceptors (Lipinski definition) is 3. The van der Waals surface area contributed by atoms with Gasteiger partial charge in [-0.25, -0.2) is 0 Å². The van der Waals surface area contributed by atoms with Crippen LogP contribution >= 0.6 is 0 Å². The van der Waals surface area contributed by atoms with Gasteiger partial charge in [0.05, 0.1) is 7.11 Å². The summed E-state index contributed by atoms with van der Waals surface area (Å²) in [5.74, 6) is -0.297. The Bertz CT molecular complexity index is 649. The number of nitrogens with zero attached hydrogens (tertiary/aromatic N) is 2. The molecule has 1 aromatic heterocycles. The van der Waals surface area contributed by atoms with Crippen LogP contribution in [0.15, 0.2) is 48.7 Å². The smallest absolute Gasteiger partial charge is 0.305 e. The van der Waals surface area contributed by atoms with Gasteiger partial charge in [-0.3, -0.25) is 9.59 Å². The van der Waals surface area contributed by atoms with E-state index in [-0.39, 0.29) is 11.9 Å². The fourth-order valence-electron chi connectivity index (χ4n) is 2.39. The molecule has 0 saturated heterocycles. The summed E-state index contributed by atoms with van der Waals surface area (Å²) in [6, 6.07) is 13.7. The van der Waals surface area contributed by atoms with Crippen LogP contribution in [0, 0.1) is 0 Å². The molecule has 5 heteroatoms. The number of rotatable bonds is 7. The Morgan fingerprint density at radius 1 is 1.13 bits per heavy atom. The molecule has 0 aliphatic rings. The van der Waals surface area contributed by atoms with Crippen molar-refractivity contribution in [1.29, 1.82) is 0 Å². The lowest BCUT2D eigenvalue weighted by atomic mass is 10.2. The highest BCUT2D eigenvalue weighted by molar-refractivity contribution is 5.92. The molecule has 0 radical (unpaired) electrons. The molecule has 23 heavy (non-hydrogen) atoms. The van der Waals surface area contributed by atoms with E-state index in [0.29, 0.717) is 31.6 Å². The van der Waals surface area contributed by atoms with Crippen molar-refractivity contribution in [3.63, 3.8) is 0 Å². The van der Waals surface area contributed by atoms with Crippen molar-refractivity contribution < 1.29 is 14.3 Å². The van der Waals surface area contributed by atoms with Crippen LogP contribution in [0.4, 0.5) is 0 Å². The number of methoxy groups -OCH3 is 1. The van der Waals surface area contributed by atoms with Gasteiger partial charge in [0.15, 0.2) is 0 Å². The van der Waals surface area contributed by atoms with Gasteiger partial charge in [-0.1, -0.05) is 30.3 Å². The predicted octanol–water partition coefficient (Wildman–Crippen LogP) is 2.56. The minimum Gasteiger partial charge on any atom is -0.469 e. The SMILES string of the molecule is COC(=O)CCCN(C)C(=O)c1cccn1Cc1ccccc1. The molecule has 1 aromatic carbocycles. The topological polar surface area (TPSA) is 51.5 Å². The summed E-state index contributed by atoms with van der Waals surface area (Å²) >= 11 is 0. The van der Waals surface area contributed by atoms with Crippen molar-refractivity contribution in [3.8, 4) is 0 Å². The molecular weight excluding hydrogens is 292 g/mol. The third-order valence-electron chi connectivity index (χ3n) is 3.69. The molecule has 0 atom stereocenters. The van der Waals surface area contributed by atoms with E-state index in [0.717, 1.165) is 5.56 Å². The van der Waals surface area contributed by atoms with Gasteiger partial charge in [0, 0.05) is 32.8 Å². The Morgan fingerprint density at radius 2 is 1.87 bits per heavy atom. The summed E-state index contributed by atoms with van der Waals surface area (Å²) in [6.45, 7) is 1.18. The van der Waals surface area contributed by atoms with Crippen LogP contribution in [-0.2, 0) is 16.1 Å². The Hall–Kier alpha value is -2.56. The van der Waals surface area contributed by atoms with E-state index in [4.69, 9.17) is 0 Å². The second kappa shape index (κ2) is 8.17. The molecule has 0 aliphatic heterocycles. The van der Waals surface area contributed by atoms with E-state index in [1.807, 2.05) is 53.2 Å². The maximum atomic E-state index is 12.6. The number of ether oxygens (including phenoxy) is 1. The lowest BCUT2D eigenvalue weighted by molar-refractivity contribution is -0.140. The highest BCUT2D eigenvalue weighted by Crippen LogP contribution is 2.10. The van der Waals surface area contributed by atoms with E-state index in [1.165, 1.54) is 7.11 Å². The average Bonchev–Trinajstić information content (AvgIpc) is 3.02. The zero-order chi connectivity index (χ0) is 16.7. The van der Waals surface area contributed by atoms with E-state index < -0.39 is 0 Å². The highest BCUT2D eigenvalue weighted by atomic mass is 16.5. The molecule has 0 N–H and O–H groups in total. The fraction of sp³-hybridized carbons (Fsp3) is 0.333. The first-order valence-electron chi connectivity index (χ1n) is 7.63. The van der Waals surface area contributed by atoms with Gasteiger partial charge in [0.1, 0.15) is 5.69 Å². The first kappa shape index (κ1) is 16.8. The Balaban J connectivity index is 1.97. The molecule has 2 rings (SSSR count). The largest absolute Gasteiger partial charge is 0.469 e. The molecule has 0 fully saturated rings. The van der Waals surface area contributed by atoms with Crippen LogP contribution in [0.3, 0.4) is 0 Å². The van der Waals surface area contributed by atoms with Crippen LogP contribution in [0.5, 0.6) is 0 Å². The van der Waals surface area contributed by atoms with Crippen LogP contribution in [0.25, 0.3) is 0 Å². The van der Waals surface area contributed by atoms with Crippen molar-refractivity contribution >= 4 is 11.9 Å². The number of esters is 1. The summed E-state index contributed by atoms with van der Waals surface area (Å²) < 4.78 is 6.54. The first-order chi connectivity index (χ1) is 11.1. The van der Waals surface area contributed by atoms with Gasteiger partial charge in [0.25, 0.3) is 5.91 Å². The summed E-state index contributed by atoms with van der Waals surface area (Å²) in [6.07, 6.45) is 2.82. The standard InChI is InChI=1S/C18H22N2O3/c1-19(12-7-11-17(21)23-2)18(22)16-10-6-13-20(16)14-15-8-4-3-5-9-15/h3-6,8-10,13H,7,11-12,14H2,1-2H3. The van der Waals surface area contributed by atoms with E-state index >= 15 is 0 Å². The second-order valence-corrected chi connectivity index (χ2v) is 5.41. The summed E-state index contributed by atoms with van der Waals surface area (Å²) in [5.41, 5.74) is 1.79. The lowest BCUT2D eigenvalue weighted by Crippen LogP contribution is -2.30. The number of hydrogen-bond donors (Lipinski definition) is 0. The normalized spacial score (nSPS) is 10.3. The van der Waals surface area contributed by atoms with Gasteiger partial charge in [-0.2, -0.15) is 0 Å². The van der Waals surface area contributed by atoms with Crippen LogP contribution < -0.4 is 0 Å². The monoisotopic (exact) mass is 314 g/mol. The number of amides is 1. The first-order valence-corrected chi connectivity index (χ1v) is 7.63. The van der Waals surface area contributed by atoms with Gasteiger partial charge >= 0.3 is 5.97 Å². The number of carbonyl (C=O) groups excluding carboxylic acids is 2. The Kier molecular flexibility index (Phi) is 5.97. The maximum Gasteiger partial charge on any atom is 0.305 e. The molecule has 5 nitrogen and oxygen atoms in total. The van der Waals surface area contributed by atoms with Crippen LogP contribution in [-0.4, -0.2) is 42.0 Å². The molecule has 1 amide bonds. The Labute approximate surface area is 136 Å². The van der Waals surface area contributed by atoms with Crippen molar-refractivity contribution in [3.05, 3.63) is 59.9 Å².